The van der Waals surface area contributed by atoms with Crippen LogP contribution in [0.1, 0.15) is 12.5 Å². The molecular formula is C20H26N11O13P2+. The van der Waals surface area contributed by atoms with Crippen LogP contribution >= 0.6 is 16.1 Å². The highest BCUT2D eigenvalue weighted by Crippen LogP contribution is 2.50. The average Bonchev–Trinajstić information content (AvgIpc) is 3.72. The average molecular weight is 690 g/mol. The van der Waals surface area contributed by atoms with Crippen LogP contribution in [0.5, 0.6) is 0 Å². The highest BCUT2D eigenvalue weighted by Gasteiger charge is 2.51. The fraction of sp³-hybridized carbons (Fsp3) is 0.500. The van der Waals surface area contributed by atoms with E-state index >= 15 is 0 Å². The molecule has 0 aromatic carbocycles. The quantitative estimate of drug-likeness (QED) is 0.0737. The van der Waals surface area contributed by atoms with E-state index in [0.717, 1.165) is 10.9 Å². The SMILES string of the molecule is Nc1nc(N)c2ncn([C@@H]3O[C@H](COP(=O)(O)O[C@@H]4[C@H](O)[C@@H](CO[P+](=O)O)O[C@H]4n4cnc5c(=O)[nH]c(N)nc54)[C@@H](O)[C@H]3O)c2n1. The lowest BCUT2D eigenvalue weighted by Gasteiger charge is -2.24. The molecule has 6 rings (SSSR count). The Bertz CT molecular complexity index is 1900. The van der Waals surface area contributed by atoms with Crippen molar-refractivity contribution in [1.82, 2.24) is 39.0 Å². The Morgan fingerprint density at radius 3 is 2.28 bits per heavy atom. The zero-order chi connectivity index (χ0) is 33.1. The molecule has 4 aromatic rings. The number of phosphoric ester groups is 1. The first-order valence-electron chi connectivity index (χ1n) is 13.0. The van der Waals surface area contributed by atoms with Crippen molar-refractivity contribution in [2.45, 2.75) is 49.1 Å². The number of aromatic amines is 1. The van der Waals surface area contributed by atoms with Crippen molar-refractivity contribution in [1.29, 1.82) is 0 Å². The van der Waals surface area contributed by atoms with Crippen LogP contribution in [-0.2, 0) is 32.2 Å². The van der Waals surface area contributed by atoms with Crippen molar-refractivity contribution in [2.75, 3.05) is 30.4 Å². The molecule has 6 heterocycles. The number of nitrogens with two attached hydrogens (primary N) is 3. The van der Waals surface area contributed by atoms with Gasteiger partial charge in [-0.05, 0) is 0 Å². The van der Waals surface area contributed by atoms with Crippen LogP contribution in [0, 0.1) is 0 Å². The van der Waals surface area contributed by atoms with Crippen LogP contribution < -0.4 is 22.8 Å². The second-order valence-electron chi connectivity index (χ2n) is 10.0. The molecule has 26 heteroatoms. The molecule has 46 heavy (non-hydrogen) atoms. The number of ether oxygens (including phenoxy) is 2. The first kappa shape index (κ1) is 32.2. The second kappa shape index (κ2) is 12.1. The number of H-pyrrole nitrogens is 1. The number of hydrogen-bond acceptors (Lipinski definition) is 19. The van der Waals surface area contributed by atoms with Crippen LogP contribution in [0.4, 0.5) is 17.7 Å². The molecule has 2 fully saturated rings. The second-order valence-corrected chi connectivity index (χ2v) is 12.2. The van der Waals surface area contributed by atoms with Gasteiger partial charge in [0.25, 0.3) is 5.56 Å². The van der Waals surface area contributed by atoms with Gasteiger partial charge in [0.05, 0.1) is 19.3 Å². The molecule has 4 aromatic heterocycles. The van der Waals surface area contributed by atoms with Crippen LogP contribution in [0.25, 0.3) is 22.3 Å². The van der Waals surface area contributed by atoms with Crippen molar-refractivity contribution in [3.8, 4) is 0 Å². The Hall–Kier alpha value is -3.77. The predicted molar refractivity (Wildman–Crippen MR) is 149 cm³/mol. The summed E-state index contributed by atoms with van der Waals surface area (Å²) in [6.45, 7) is -1.48. The summed E-state index contributed by atoms with van der Waals surface area (Å²) in [5, 5.41) is 32.2. The van der Waals surface area contributed by atoms with E-state index in [1.165, 1.54) is 10.9 Å². The minimum Gasteiger partial charge on any atom is -0.387 e. The molecule has 0 spiro atoms. The topological polar surface area (TPSA) is 367 Å². The van der Waals surface area contributed by atoms with Crippen molar-refractivity contribution >= 4 is 56.1 Å². The number of nitrogen functional groups attached to an aromatic ring is 3. The third-order valence-corrected chi connectivity index (χ3v) is 8.48. The lowest BCUT2D eigenvalue weighted by atomic mass is 10.1. The van der Waals surface area contributed by atoms with Gasteiger partial charge in [0.2, 0.25) is 11.9 Å². The van der Waals surface area contributed by atoms with Crippen molar-refractivity contribution in [3.05, 3.63) is 23.0 Å². The van der Waals surface area contributed by atoms with Gasteiger partial charge in [-0.3, -0.25) is 28.0 Å². The van der Waals surface area contributed by atoms with E-state index in [-0.39, 0.29) is 40.0 Å². The number of phosphoric acid groups is 1. The summed E-state index contributed by atoms with van der Waals surface area (Å²) in [5.41, 5.74) is 16.3. The van der Waals surface area contributed by atoms with E-state index in [0.29, 0.717) is 0 Å². The summed E-state index contributed by atoms with van der Waals surface area (Å²) in [7, 11) is -8.28. The number of nitrogens with zero attached hydrogens (tertiary/aromatic N) is 7. The molecule has 0 aliphatic carbocycles. The Morgan fingerprint density at radius 2 is 1.57 bits per heavy atom. The van der Waals surface area contributed by atoms with Gasteiger partial charge in [0.1, 0.15) is 48.7 Å². The summed E-state index contributed by atoms with van der Waals surface area (Å²) in [6, 6.07) is 0. The van der Waals surface area contributed by atoms with E-state index in [1.54, 1.807) is 0 Å². The third kappa shape index (κ3) is 5.92. The highest BCUT2D eigenvalue weighted by molar-refractivity contribution is 7.47. The molecule has 0 bridgehead atoms. The molecule has 2 aliphatic heterocycles. The minimum absolute atomic E-state index is 0.0439. The molecule has 0 radical (unpaired) electrons. The molecule has 2 aliphatic rings. The zero-order valence-electron chi connectivity index (χ0n) is 22.9. The Morgan fingerprint density at radius 1 is 0.935 bits per heavy atom. The molecule has 0 saturated carbocycles. The molecule has 10 atom stereocenters. The van der Waals surface area contributed by atoms with Gasteiger partial charge in [-0.2, -0.15) is 15.0 Å². The number of imidazole rings is 2. The largest absolute Gasteiger partial charge is 0.694 e. The fourth-order valence-corrected chi connectivity index (χ4v) is 6.26. The maximum Gasteiger partial charge on any atom is 0.694 e. The van der Waals surface area contributed by atoms with Crippen molar-refractivity contribution in [2.24, 2.45) is 0 Å². The summed E-state index contributed by atoms with van der Waals surface area (Å²) in [4.78, 5) is 54.0. The van der Waals surface area contributed by atoms with Crippen molar-refractivity contribution in [3.63, 3.8) is 0 Å². The fourth-order valence-electron chi connectivity index (χ4n) is 5.05. The maximum atomic E-state index is 13.1. The zero-order valence-corrected chi connectivity index (χ0v) is 24.7. The summed E-state index contributed by atoms with van der Waals surface area (Å²) in [5.74, 6) is -0.539. The number of rotatable bonds is 10. The van der Waals surface area contributed by atoms with Crippen LogP contribution in [0.3, 0.4) is 0 Å². The van der Waals surface area contributed by atoms with E-state index < -0.39 is 83.9 Å². The number of fused-ring (bicyclic) bond motifs is 2. The Labute approximate surface area is 255 Å². The van der Waals surface area contributed by atoms with Gasteiger partial charge in [-0.25, -0.2) is 14.5 Å². The minimum atomic E-state index is -5.17. The number of anilines is 3. The lowest BCUT2D eigenvalue weighted by molar-refractivity contribution is -0.0609. The van der Waals surface area contributed by atoms with E-state index in [4.69, 9.17) is 40.6 Å². The molecular weight excluding hydrogens is 664 g/mol. The predicted octanol–water partition coefficient (Wildman–Crippen LogP) is -3.25. The summed E-state index contributed by atoms with van der Waals surface area (Å²) < 4.78 is 52.9. The standard InChI is InChI=1S/C20H25N11O13P2/c21-13-7-14(27-19(22)26-13)30(3-24-7)17-11(34)9(32)6(42-17)2-41-46(38,39)44-12-10(33)5(1-40-45(36)37)43-18(12)31-4-25-8-15(31)28-20(23)29-16(8)35/h3-6,9-12,17-18,32-34H,1-2H2,(H8-,21,22,23,26,27,28,29,35,36,37,38,39)/p+1/t5-,6-,9-,10-,11-,12-,17-,18-/m1/s1. The smallest absolute Gasteiger partial charge is 0.387 e. The van der Waals surface area contributed by atoms with Gasteiger partial charge >= 0.3 is 16.1 Å². The number of aliphatic hydroxyl groups is 3. The van der Waals surface area contributed by atoms with Crippen LogP contribution in [0.2, 0.25) is 0 Å². The van der Waals surface area contributed by atoms with Gasteiger partial charge < -0.3 is 46.9 Å². The first-order valence-corrected chi connectivity index (χ1v) is 15.6. The third-order valence-electron chi connectivity index (χ3n) is 7.12. The lowest BCUT2D eigenvalue weighted by Crippen LogP contribution is -2.36. The van der Waals surface area contributed by atoms with E-state index in [2.05, 4.69) is 34.4 Å². The maximum absolute atomic E-state index is 13.1. The van der Waals surface area contributed by atoms with E-state index in [9.17, 15) is 34.1 Å². The molecule has 24 nitrogen and oxygen atoms in total. The summed E-state index contributed by atoms with van der Waals surface area (Å²) >= 11 is 0. The van der Waals surface area contributed by atoms with Gasteiger partial charge in [0.15, 0.2) is 35.1 Å². The number of nitrogens with one attached hydrogen (secondary N) is 1. The molecule has 2 saturated heterocycles. The Balaban J connectivity index is 1.20. The number of aromatic nitrogens is 8. The first-order chi connectivity index (χ1) is 21.7. The van der Waals surface area contributed by atoms with Crippen molar-refractivity contribution < 1.29 is 57.3 Å². The number of aliphatic hydroxyl groups excluding tert-OH is 3. The van der Waals surface area contributed by atoms with Gasteiger partial charge in [-0.15, -0.1) is 9.42 Å². The molecule has 2 unspecified atom stereocenters. The molecule has 248 valence electrons. The normalized spacial score (nSPS) is 29.9. The highest BCUT2D eigenvalue weighted by atomic mass is 31.2. The van der Waals surface area contributed by atoms with Crippen LogP contribution in [0.15, 0.2) is 17.4 Å². The van der Waals surface area contributed by atoms with E-state index in [1.807, 2.05) is 0 Å². The number of hydrogen-bond donors (Lipinski definition) is 9. The Kier molecular flexibility index (Phi) is 8.47. The van der Waals surface area contributed by atoms with Gasteiger partial charge in [-0.1, -0.05) is 0 Å². The summed E-state index contributed by atoms with van der Waals surface area (Å²) in [6.07, 6.45) is -10.2. The monoisotopic (exact) mass is 690 g/mol. The van der Waals surface area contributed by atoms with Gasteiger partial charge in [0, 0.05) is 4.57 Å². The molecule has 12 N–H and O–H groups in total. The van der Waals surface area contributed by atoms with Crippen LogP contribution in [-0.4, -0.2) is 114 Å². The molecule has 0 amide bonds.